The van der Waals surface area contributed by atoms with Gasteiger partial charge in [-0.25, -0.2) is 4.79 Å². The van der Waals surface area contributed by atoms with Crippen LogP contribution in [0.25, 0.3) is 0 Å². The average Bonchev–Trinajstić information content (AvgIpc) is 2.58. The fraction of sp³-hybridized carbons (Fsp3) is 0.700. The zero-order valence-corrected chi connectivity index (χ0v) is 7.99. The molecular weight excluding hydrogens is 166 g/mol. The molecule has 1 atom stereocenters. The van der Waals surface area contributed by atoms with E-state index in [2.05, 4.69) is 5.32 Å². The first kappa shape index (κ1) is 10.3. The maximum Gasteiger partial charge on any atom is 0.328 e. The SMILES string of the molecule is CNC(/C=C/C(=O)O)C1CCCC1. The molecule has 1 rings (SSSR count). The van der Waals surface area contributed by atoms with Crippen LogP contribution in [-0.4, -0.2) is 24.2 Å². The van der Waals surface area contributed by atoms with Crippen LogP contribution < -0.4 is 5.32 Å². The van der Waals surface area contributed by atoms with Crippen molar-refractivity contribution < 1.29 is 9.90 Å². The number of carboxylic acids is 1. The third kappa shape index (κ3) is 3.19. The van der Waals surface area contributed by atoms with Crippen molar-refractivity contribution in [3.8, 4) is 0 Å². The van der Waals surface area contributed by atoms with Gasteiger partial charge in [0.25, 0.3) is 0 Å². The Morgan fingerprint density at radius 2 is 2.15 bits per heavy atom. The number of rotatable bonds is 4. The predicted octanol–water partition coefficient (Wildman–Crippen LogP) is 1.41. The molecule has 0 spiro atoms. The Morgan fingerprint density at radius 3 is 2.62 bits per heavy atom. The van der Waals surface area contributed by atoms with E-state index in [1.54, 1.807) is 6.08 Å². The molecule has 0 radical (unpaired) electrons. The predicted molar refractivity (Wildman–Crippen MR) is 51.6 cm³/mol. The average molecular weight is 183 g/mol. The minimum atomic E-state index is -0.863. The van der Waals surface area contributed by atoms with E-state index >= 15 is 0 Å². The van der Waals surface area contributed by atoms with Crippen LogP contribution in [0.4, 0.5) is 0 Å². The molecule has 0 aromatic rings. The summed E-state index contributed by atoms with van der Waals surface area (Å²) in [4.78, 5) is 10.3. The molecule has 0 bridgehead atoms. The van der Waals surface area contributed by atoms with Gasteiger partial charge in [-0.2, -0.15) is 0 Å². The monoisotopic (exact) mass is 183 g/mol. The van der Waals surface area contributed by atoms with Gasteiger partial charge in [0.2, 0.25) is 0 Å². The van der Waals surface area contributed by atoms with Crippen LogP contribution >= 0.6 is 0 Å². The first-order valence-corrected chi connectivity index (χ1v) is 4.82. The van der Waals surface area contributed by atoms with Crippen LogP contribution in [0.3, 0.4) is 0 Å². The Bertz CT molecular complexity index is 195. The summed E-state index contributed by atoms with van der Waals surface area (Å²) in [6, 6.07) is 0.235. The number of likely N-dealkylation sites (N-methyl/N-ethyl adjacent to an activating group) is 1. The van der Waals surface area contributed by atoms with Crippen LogP contribution in [0.2, 0.25) is 0 Å². The zero-order chi connectivity index (χ0) is 9.68. The zero-order valence-electron chi connectivity index (χ0n) is 7.99. The second-order valence-electron chi connectivity index (χ2n) is 3.56. The van der Waals surface area contributed by atoms with Crippen molar-refractivity contribution >= 4 is 5.97 Å². The summed E-state index contributed by atoms with van der Waals surface area (Å²) < 4.78 is 0. The molecule has 1 unspecified atom stereocenters. The third-order valence-corrected chi connectivity index (χ3v) is 2.69. The van der Waals surface area contributed by atoms with Gasteiger partial charge in [0.05, 0.1) is 0 Å². The minimum Gasteiger partial charge on any atom is -0.478 e. The highest BCUT2D eigenvalue weighted by atomic mass is 16.4. The van der Waals surface area contributed by atoms with E-state index in [0.717, 1.165) is 0 Å². The van der Waals surface area contributed by atoms with Crippen LogP contribution in [0, 0.1) is 5.92 Å². The summed E-state index contributed by atoms with van der Waals surface area (Å²) >= 11 is 0. The van der Waals surface area contributed by atoms with E-state index in [0.29, 0.717) is 5.92 Å². The smallest absolute Gasteiger partial charge is 0.328 e. The van der Waals surface area contributed by atoms with Gasteiger partial charge in [0.15, 0.2) is 0 Å². The number of hydrogen-bond acceptors (Lipinski definition) is 2. The van der Waals surface area contributed by atoms with Crippen molar-refractivity contribution in [3.63, 3.8) is 0 Å². The maximum atomic E-state index is 10.3. The van der Waals surface area contributed by atoms with Crippen molar-refractivity contribution in [1.29, 1.82) is 0 Å². The lowest BCUT2D eigenvalue weighted by atomic mass is 9.98. The quantitative estimate of drug-likeness (QED) is 0.648. The van der Waals surface area contributed by atoms with E-state index in [9.17, 15) is 4.79 Å². The van der Waals surface area contributed by atoms with Gasteiger partial charge in [-0.15, -0.1) is 0 Å². The molecule has 1 aliphatic rings. The molecule has 0 heterocycles. The minimum absolute atomic E-state index is 0.235. The molecular formula is C10H17NO2. The molecule has 0 aromatic heterocycles. The van der Waals surface area contributed by atoms with Crippen molar-refractivity contribution in [2.24, 2.45) is 5.92 Å². The van der Waals surface area contributed by atoms with Gasteiger partial charge >= 0.3 is 5.97 Å². The molecule has 13 heavy (non-hydrogen) atoms. The largest absolute Gasteiger partial charge is 0.478 e. The molecule has 3 nitrogen and oxygen atoms in total. The fourth-order valence-electron chi connectivity index (χ4n) is 1.99. The van der Waals surface area contributed by atoms with Gasteiger partial charge in [0, 0.05) is 12.1 Å². The van der Waals surface area contributed by atoms with E-state index in [1.807, 2.05) is 7.05 Å². The topological polar surface area (TPSA) is 49.3 Å². The van der Waals surface area contributed by atoms with E-state index in [4.69, 9.17) is 5.11 Å². The number of carbonyl (C=O) groups is 1. The molecule has 0 saturated heterocycles. The van der Waals surface area contributed by atoms with Crippen LogP contribution in [-0.2, 0) is 4.79 Å². The Morgan fingerprint density at radius 1 is 1.54 bits per heavy atom. The van der Waals surface area contributed by atoms with Crippen LogP contribution in [0.1, 0.15) is 25.7 Å². The molecule has 0 amide bonds. The summed E-state index contributed by atoms with van der Waals surface area (Å²) in [5, 5.41) is 11.6. The van der Waals surface area contributed by atoms with Gasteiger partial charge in [-0.1, -0.05) is 18.9 Å². The molecule has 2 N–H and O–H groups in total. The number of aliphatic carboxylic acids is 1. The maximum absolute atomic E-state index is 10.3. The standard InChI is InChI=1S/C10H17NO2/c1-11-9(6-7-10(12)13)8-4-2-3-5-8/h6-9,11H,2-5H2,1H3,(H,12,13)/b7-6+. The van der Waals surface area contributed by atoms with Gasteiger partial charge < -0.3 is 10.4 Å². The lowest BCUT2D eigenvalue weighted by Crippen LogP contribution is -2.30. The lowest BCUT2D eigenvalue weighted by Gasteiger charge is -2.18. The van der Waals surface area contributed by atoms with E-state index in [1.165, 1.54) is 31.8 Å². The third-order valence-electron chi connectivity index (χ3n) is 2.69. The summed E-state index contributed by atoms with van der Waals surface area (Å²) in [5.41, 5.74) is 0. The fourth-order valence-corrected chi connectivity index (χ4v) is 1.99. The highest BCUT2D eigenvalue weighted by Gasteiger charge is 2.21. The second-order valence-corrected chi connectivity index (χ2v) is 3.56. The van der Waals surface area contributed by atoms with Crippen molar-refractivity contribution in [1.82, 2.24) is 5.32 Å². The van der Waals surface area contributed by atoms with E-state index in [-0.39, 0.29) is 6.04 Å². The normalized spacial score (nSPS) is 21.0. The molecule has 3 heteroatoms. The second kappa shape index (κ2) is 5.02. The molecule has 1 fully saturated rings. The molecule has 1 aliphatic carbocycles. The molecule has 0 aromatic carbocycles. The molecule has 0 aliphatic heterocycles. The number of hydrogen-bond donors (Lipinski definition) is 2. The highest BCUT2D eigenvalue weighted by molar-refractivity contribution is 5.79. The highest BCUT2D eigenvalue weighted by Crippen LogP contribution is 2.27. The summed E-state index contributed by atoms with van der Waals surface area (Å²) in [6.45, 7) is 0. The Kier molecular flexibility index (Phi) is 3.96. The summed E-state index contributed by atoms with van der Waals surface area (Å²) in [7, 11) is 1.88. The Balaban J connectivity index is 2.46. The van der Waals surface area contributed by atoms with Crippen molar-refractivity contribution in [3.05, 3.63) is 12.2 Å². The summed E-state index contributed by atoms with van der Waals surface area (Å²) in [6.07, 6.45) is 8.00. The molecule has 1 saturated carbocycles. The Labute approximate surface area is 78.8 Å². The first-order chi connectivity index (χ1) is 6.24. The Hall–Kier alpha value is -0.830. The van der Waals surface area contributed by atoms with Crippen molar-refractivity contribution in [2.75, 3.05) is 7.05 Å². The van der Waals surface area contributed by atoms with Crippen LogP contribution in [0.15, 0.2) is 12.2 Å². The lowest BCUT2D eigenvalue weighted by molar-refractivity contribution is -0.131. The number of carboxylic acid groups (broad SMARTS) is 1. The number of nitrogens with one attached hydrogen (secondary N) is 1. The van der Waals surface area contributed by atoms with Crippen molar-refractivity contribution in [2.45, 2.75) is 31.7 Å². The summed E-state index contributed by atoms with van der Waals surface area (Å²) in [5.74, 6) is -0.237. The van der Waals surface area contributed by atoms with Gasteiger partial charge in [0.1, 0.15) is 0 Å². The van der Waals surface area contributed by atoms with Gasteiger partial charge in [-0.05, 0) is 25.8 Å². The first-order valence-electron chi connectivity index (χ1n) is 4.82. The van der Waals surface area contributed by atoms with E-state index < -0.39 is 5.97 Å². The van der Waals surface area contributed by atoms with Crippen LogP contribution in [0.5, 0.6) is 0 Å². The van der Waals surface area contributed by atoms with Gasteiger partial charge in [-0.3, -0.25) is 0 Å². The molecule has 74 valence electrons.